The second-order valence-corrected chi connectivity index (χ2v) is 5.34. The summed E-state index contributed by atoms with van der Waals surface area (Å²) in [5.41, 5.74) is 1.34. The van der Waals surface area contributed by atoms with Crippen molar-refractivity contribution in [2.75, 3.05) is 19.7 Å². The lowest BCUT2D eigenvalue weighted by Crippen LogP contribution is -2.23. The fraction of sp³-hybridized carbons (Fsp3) is 0.625. The molecule has 100 valence electrons. The van der Waals surface area contributed by atoms with Gasteiger partial charge in [0.2, 0.25) is 0 Å². The van der Waals surface area contributed by atoms with Gasteiger partial charge in [0.1, 0.15) is 12.4 Å². The molecule has 1 aliphatic rings. The van der Waals surface area contributed by atoms with Crippen molar-refractivity contribution in [1.82, 2.24) is 5.32 Å². The Labute approximate surface area is 111 Å². The molecule has 2 nitrogen and oxygen atoms in total. The van der Waals surface area contributed by atoms with Gasteiger partial charge < -0.3 is 10.1 Å². The number of benzene rings is 1. The molecule has 1 aromatic carbocycles. The highest BCUT2D eigenvalue weighted by Gasteiger charge is 2.20. The van der Waals surface area contributed by atoms with E-state index in [-0.39, 0.29) is 0 Å². The predicted octanol–water partition coefficient (Wildman–Crippen LogP) is 3.58. The molecule has 1 unspecified atom stereocenters. The Morgan fingerprint density at radius 3 is 2.83 bits per heavy atom. The van der Waals surface area contributed by atoms with Crippen molar-refractivity contribution in [2.24, 2.45) is 5.92 Å². The maximum Gasteiger partial charge on any atom is 0.122 e. The zero-order chi connectivity index (χ0) is 12.8. The predicted molar refractivity (Wildman–Crippen MR) is 76.2 cm³/mol. The summed E-state index contributed by atoms with van der Waals surface area (Å²) >= 11 is 0. The largest absolute Gasteiger partial charge is 0.492 e. The Bertz CT molecular complexity index is 360. The van der Waals surface area contributed by atoms with Crippen LogP contribution in [0.25, 0.3) is 0 Å². The number of nitrogens with one attached hydrogen (secondary N) is 1. The number of rotatable bonds is 8. The molecule has 0 aromatic heterocycles. The molecule has 1 aliphatic carbocycles. The smallest absolute Gasteiger partial charge is 0.122 e. The third kappa shape index (κ3) is 4.02. The normalized spacial score (nSPS) is 16.6. The first kappa shape index (κ1) is 13.4. The average molecular weight is 247 g/mol. The maximum atomic E-state index is 5.90. The number of hydrogen-bond donors (Lipinski definition) is 1. The van der Waals surface area contributed by atoms with Gasteiger partial charge in [-0.3, -0.25) is 0 Å². The molecule has 0 spiro atoms. The fourth-order valence-corrected chi connectivity index (χ4v) is 2.10. The van der Waals surface area contributed by atoms with E-state index in [1.54, 1.807) is 0 Å². The van der Waals surface area contributed by atoms with Crippen molar-refractivity contribution in [2.45, 2.75) is 39.0 Å². The number of para-hydroxylation sites is 1. The van der Waals surface area contributed by atoms with Crippen LogP contribution < -0.4 is 10.1 Å². The molecule has 0 radical (unpaired) electrons. The first-order valence-electron chi connectivity index (χ1n) is 7.23. The van der Waals surface area contributed by atoms with Crippen LogP contribution in [-0.4, -0.2) is 19.7 Å². The van der Waals surface area contributed by atoms with Gasteiger partial charge in [-0.2, -0.15) is 0 Å². The third-order valence-electron chi connectivity index (χ3n) is 3.73. The molecule has 1 fully saturated rings. The minimum Gasteiger partial charge on any atom is -0.492 e. The van der Waals surface area contributed by atoms with Crippen LogP contribution in [0.2, 0.25) is 0 Å². The molecule has 2 rings (SSSR count). The summed E-state index contributed by atoms with van der Waals surface area (Å²) in [5.74, 6) is 2.57. The van der Waals surface area contributed by atoms with Crippen molar-refractivity contribution in [3.05, 3.63) is 29.8 Å². The van der Waals surface area contributed by atoms with Gasteiger partial charge in [-0.25, -0.2) is 0 Å². The molecule has 1 atom stereocenters. The molecule has 1 aromatic rings. The van der Waals surface area contributed by atoms with E-state index in [0.29, 0.717) is 5.92 Å². The van der Waals surface area contributed by atoms with Gasteiger partial charge in [0, 0.05) is 6.54 Å². The molecular weight excluding hydrogens is 222 g/mol. The quantitative estimate of drug-likeness (QED) is 0.709. The van der Waals surface area contributed by atoms with Gasteiger partial charge in [0.25, 0.3) is 0 Å². The van der Waals surface area contributed by atoms with Gasteiger partial charge in [-0.05, 0) is 49.3 Å². The minimum atomic E-state index is 0.570. The molecule has 1 saturated carbocycles. The van der Waals surface area contributed by atoms with Crippen LogP contribution in [-0.2, 0) is 0 Å². The van der Waals surface area contributed by atoms with Crippen LogP contribution in [0.15, 0.2) is 24.3 Å². The van der Waals surface area contributed by atoms with Crippen molar-refractivity contribution >= 4 is 0 Å². The maximum absolute atomic E-state index is 5.90. The summed E-state index contributed by atoms with van der Waals surface area (Å²) in [7, 11) is 0. The zero-order valence-electron chi connectivity index (χ0n) is 11.6. The van der Waals surface area contributed by atoms with Crippen LogP contribution in [0.1, 0.15) is 44.6 Å². The first-order valence-corrected chi connectivity index (χ1v) is 7.23. The van der Waals surface area contributed by atoms with E-state index in [9.17, 15) is 0 Å². The summed E-state index contributed by atoms with van der Waals surface area (Å²) < 4.78 is 5.90. The van der Waals surface area contributed by atoms with Crippen molar-refractivity contribution in [3.8, 4) is 5.75 Å². The highest BCUT2D eigenvalue weighted by molar-refractivity contribution is 5.35. The van der Waals surface area contributed by atoms with Gasteiger partial charge in [-0.15, -0.1) is 0 Å². The Balaban J connectivity index is 1.76. The minimum absolute atomic E-state index is 0.570. The molecule has 0 aliphatic heterocycles. The van der Waals surface area contributed by atoms with Gasteiger partial charge in [0.15, 0.2) is 0 Å². The lowest BCUT2D eigenvalue weighted by atomic mass is 9.98. The standard InChI is InChI=1S/C16H25NO/c1-3-13(2)15-6-4-5-7-16(15)18-11-10-17-12-14-8-9-14/h4-7,13-14,17H,3,8-12H2,1-2H3. The molecule has 18 heavy (non-hydrogen) atoms. The van der Waals surface area contributed by atoms with Gasteiger partial charge in [0.05, 0.1) is 0 Å². The van der Waals surface area contributed by atoms with E-state index < -0.39 is 0 Å². The Morgan fingerprint density at radius 1 is 1.33 bits per heavy atom. The molecule has 0 saturated heterocycles. The van der Waals surface area contributed by atoms with E-state index in [1.807, 2.05) is 0 Å². The molecule has 1 N–H and O–H groups in total. The van der Waals surface area contributed by atoms with Crippen LogP contribution in [0.5, 0.6) is 5.75 Å². The van der Waals surface area contributed by atoms with E-state index in [4.69, 9.17) is 4.74 Å². The van der Waals surface area contributed by atoms with E-state index in [1.165, 1.54) is 18.4 Å². The van der Waals surface area contributed by atoms with Crippen LogP contribution in [0.3, 0.4) is 0 Å². The Morgan fingerprint density at radius 2 is 2.11 bits per heavy atom. The van der Waals surface area contributed by atoms with Crippen LogP contribution in [0, 0.1) is 5.92 Å². The summed E-state index contributed by atoms with van der Waals surface area (Å²) in [4.78, 5) is 0. The van der Waals surface area contributed by atoms with E-state index >= 15 is 0 Å². The Hall–Kier alpha value is -1.02. The highest BCUT2D eigenvalue weighted by atomic mass is 16.5. The summed E-state index contributed by atoms with van der Waals surface area (Å²) in [6.07, 6.45) is 3.97. The first-order chi connectivity index (χ1) is 8.81. The molecule has 0 amide bonds. The highest BCUT2D eigenvalue weighted by Crippen LogP contribution is 2.28. The SMILES string of the molecule is CCC(C)c1ccccc1OCCNCC1CC1. The second kappa shape index (κ2) is 6.79. The zero-order valence-corrected chi connectivity index (χ0v) is 11.6. The topological polar surface area (TPSA) is 21.3 Å². The lowest BCUT2D eigenvalue weighted by molar-refractivity contribution is 0.308. The van der Waals surface area contributed by atoms with Crippen molar-refractivity contribution < 1.29 is 4.74 Å². The average Bonchev–Trinajstić information content (AvgIpc) is 3.22. The summed E-state index contributed by atoms with van der Waals surface area (Å²) in [6, 6.07) is 8.42. The Kier molecular flexibility index (Phi) is 5.06. The molecule has 2 heteroatoms. The monoisotopic (exact) mass is 247 g/mol. The molecule has 0 bridgehead atoms. The third-order valence-corrected chi connectivity index (χ3v) is 3.73. The van der Waals surface area contributed by atoms with Crippen molar-refractivity contribution in [3.63, 3.8) is 0 Å². The van der Waals surface area contributed by atoms with Crippen LogP contribution in [0.4, 0.5) is 0 Å². The lowest BCUT2D eigenvalue weighted by Gasteiger charge is -2.15. The number of hydrogen-bond acceptors (Lipinski definition) is 2. The van der Waals surface area contributed by atoms with Gasteiger partial charge >= 0.3 is 0 Å². The summed E-state index contributed by atoms with van der Waals surface area (Å²) in [6.45, 7) is 7.36. The van der Waals surface area contributed by atoms with E-state index in [2.05, 4.69) is 43.4 Å². The summed E-state index contributed by atoms with van der Waals surface area (Å²) in [5, 5.41) is 3.46. The van der Waals surface area contributed by atoms with E-state index in [0.717, 1.165) is 37.8 Å². The fourth-order valence-electron chi connectivity index (χ4n) is 2.10. The van der Waals surface area contributed by atoms with Gasteiger partial charge in [-0.1, -0.05) is 32.0 Å². The number of ether oxygens (including phenoxy) is 1. The molecule has 0 heterocycles. The molecular formula is C16H25NO. The van der Waals surface area contributed by atoms with Crippen molar-refractivity contribution in [1.29, 1.82) is 0 Å². The second-order valence-electron chi connectivity index (χ2n) is 5.34. The van der Waals surface area contributed by atoms with Crippen LogP contribution >= 0.6 is 0 Å².